The van der Waals surface area contributed by atoms with Gasteiger partial charge >= 0.3 is 12.1 Å². The van der Waals surface area contributed by atoms with Gasteiger partial charge in [-0.2, -0.15) is 11.8 Å². The third kappa shape index (κ3) is 9.95. The topological polar surface area (TPSA) is 75.6 Å². The predicted octanol–water partition coefficient (Wildman–Crippen LogP) is 3.28. The molecule has 2 atom stereocenters. The Morgan fingerprint density at radius 1 is 1.30 bits per heavy atom. The van der Waals surface area contributed by atoms with E-state index in [1.165, 1.54) is 0 Å². The van der Waals surface area contributed by atoms with Crippen LogP contribution in [0.15, 0.2) is 0 Å². The molecule has 2 unspecified atom stereocenters. The molecule has 118 valence electrons. The van der Waals surface area contributed by atoms with Crippen LogP contribution >= 0.6 is 11.8 Å². The molecular formula is C14H27NO4S. The van der Waals surface area contributed by atoms with Gasteiger partial charge in [0, 0.05) is 5.25 Å². The highest BCUT2D eigenvalue weighted by molar-refractivity contribution is 7.99. The molecule has 0 spiro atoms. The molecule has 0 bridgehead atoms. The minimum absolute atomic E-state index is 0.396. The molecule has 0 saturated heterocycles. The van der Waals surface area contributed by atoms with E-state index in [0.29, 0.717) is 17.4 Å². The zero-order valence-electron chi connectivity index (χ0n) is 13.1. The lowest BCUT2D eigenvalue weighted by molar-refractivity contribution is -0.139. The summed E-state index contributed by atoms with van der Waals surface area (Å²) in [4.78, 5) is 22.7. The van der Waals surface area contributed by atoms with E-state index in [2.05, 4.69) is 19.2 Å². The summed E-state index contributed by atoms with van der Waals surface area (Å²) in [7, 11) is 0. The number of aliphatic carboxylic acids is 1. The van der Waals surface area contributed by atoms with E-state index in [9.17, 15) is 9.59 Å². The second kappa shape index (κ2) is 9.10. The molecule has 0 aromatic rings. The Balaban J connectivity index is 4.18. The van der Waals surface area contributed by atoms with Gasteiger partial charge in [0.25, 0.3) is 0 Å². The van der Waals surface area contributed by atoms with Crippen LogP contribution in [-0.4, -0.2) is 39.8 Å². The van der Waals surface area contributed by atoms with Crippen molar-refractivity contribution < 1.29 is 19.4 Å². The Kier molecular flexibility index (Phi) is 8.69. The number of hydrogen-bond donors (Lipinski definition) is 2. The average molecular weight is 305 g/mol. The first-order valence-electron chi connectivity index (χ1n) is 6.99. The summed E-state index contributed by atoms with van der Waals surface area (Å²) < 4.78 is 5.06. The SMILES string of the molecule is CCCC(C)SCCC(NC(=O)OC(C)(C)C)C(=O)O. The monoisotopic (exact) mass is 305 g/mol. The number of hydrogen-bond acceptors (Lipinski definition) is 4. The van der Waals surface area contributed by atoms with E-state index in [1.807, 2.05) is 0 Å². The molecule has 0 aliphatic rings. The Hall–Kier alpha value is -0.910. The number of thioether (sulfide) groups is 1. The number of carboxylic acid groups (broad SMARTS) is 1. The van der Waals surface area contributed by atoms with Crippen molar-refractivity contribution in [3.8, 4) is 0 Å². The maximum Gasteiger partial charge on any atom is 0.408 e. The van der Waals surface area contributed by atoms with Gasteiger partial charge in [0.2, 0.25) is 0 Å². The molecular weight excluding hydrogens is 278 g/mol. The van der Waals surface area contributed by atoms with Crippen molar-refractivity contribution in [2.45, 2.75) is 70.8 Å². The van der Waals surface area contributed by atoms with E-state index in [0.717, 1.165) is 12.8 Å². The smallest absolute Gasteiger partial charge is 0.408 e. The van der Waals surface area contributed by atoms with Crippen molar-refractivity contribution in [3.05, 3.63) is 0 Å². The molecule has 0 saturated carbocycles. The first-order chi connectivity index (χ1) is 9.15. The number of carboxylic acids is 1. The van der Waals surface area contributed by atoms with Crippen LogP contribution in [0.3, 0.4) is 0 Å². The molecule has 6 heteroatoms. The van der Waals surface area contributed by atoms with E-state index in [-0.39, 0.29) is 0 Å². The molecule has 0 rings (SSSR count). The first kappa shape index (κ1) is 19.1. The largest absolute Gasteiger partial charge is 0.480 e. The van der Waals surface area contributed by atoms with Gasteiger partial charge < -0.3 is 15.2 Å². The fraction of sp³-hybridized carbons (Fsp3) is 0.857. The minimum Gasteiger partial charge on any atom is -0.480 e. The van der Waals surface area contributed by atoms with Gasteiger partial charge in [0.1, 0.15) is 11.6 Å². The second-order valence-corrected chi connectivity index (χ2v) is 7.34. The Morgan fingerprint density at radius 3 is 2.35 bits per heavy atom. The summed E-state index contributed by atoms with van der Waals surface area (Å²) in [5, 5.41) is 12.0. The number of amides is 1. The standard InChI is InChI=1S/C14H27NO4S/c1-6-7-10(2)20-9-8-11(12(16)17)15-13(18)19-14(3,4)5/h10-11H,6-9H2,1-5H3,(H,15,18)(H,16,17). The molecule has 0 aromatic heterocycles. The van der Waals surface area contributed by atoms with E-state index in [4.69, 9.17) is 9.84 Å². The van der Waals surface area contributed by atoms with Crippen LogP contribution in [0.25, 0.3) is 0 Å². The van der Waals surface area contributed by atoms with Crippen LogP contribution in [0.4, 0.5) is 4.79 Å². The van der Waals surface area contributed by atoms with Crippen LogP contribution in [0.1, 0.15) is 53.9 Å². The lowest BCUT2D eigenvalue weighted by Crippen LogP contribution is -2.43. The summed E-state index contributed by atoms with van der Waals surface area (Å²) in [6.45, 7) is 9.48. The molecule has 20 heavy (non-hydrogen) atoms. The van der Waals surface area contributed by atoms with E-state index in [1.54, 1.807) is 32.5 Å². The van der Waals surface area contributed by atoms with Gasteiger partial charge in [-0.15, -0.1) is 0 Å². The normalized spacial score (nSPS) is 14.4. The highest BCUT2D eigenvalue weighted by Gasteiger charge is 2.23. The molecule has 2 N–H and O–H groups in total. The third-order valence-corrected chi connectivity index (χ3v) is 3.77. The van der Waals surface area contributed by atoms with E-state index < -0.39 is 23.7 Å². The van der Waals surface area contributed by atoms with Crippen LogP contribution in [-0.2, 0) is 9.53 Å². The summed E-state index contributed by atoms with van der Waals surface area (Å²) in [6.07, 6.45) is 1.94. The molecule has 0 radical (unpaired) electrons. The summed E-state index contributed by atoms with van der Waals surface area (Å²) in [5.41, 5.74) is -0.627. The molecule has 0 fully saturated rings. The molecule has 0 aliphatic carbocycles. The van der Waals surface area contributed by atoms with Crippen LogP contribution in [0.2, 0.25) is 0 Å². The summed E-state index contributed by atoms with van der Waals surface area (Å²) >= 11 is 1.73. The maximum atomic E-state index is 11.6. The number of ether oxygens (including phenoxy) is 1. The quantitative estimate of drug-likeness (QED) is 0.720. The van der Waals surface area contributed by atoms with Crippen LogP contribution in [0, 0.1) is 0 Å². The van der Waals surface area contributed by atoms with Crippen molar-refractivity contribution >= 4 is 23.8 Å². The molecule has 1 amide bonds. The van der Waals surface area contributed by atoms with Gasteiger partial charge in [-0.25, -0.2) is 9.59 Å². The van der Waals surface area contributed by atoms with Crippen LogP contribution < -0.4 is 5.32 Å². The number of carbonyl (C=O) groups excluding carboxylic acids is 1. The van der Waals surface area contributed by atoms with Crippen molar-refractivity contribution in [2.75, 3.05) is 5.75 Å². The zero-order valence-corrected chi connectivity index (χ0v) is 13.9. The van der Waals surface area contributed by atoms with Gasteiger partial charge in [-0.05, 0) is 39.4 Å². The molecule has 0 aliphatic heterocycles. The number of carbonyl (C=O) groups is 2. The highest BCUT2D eigenvalue weighted by Crippen LogP contribution is 2.17. The van der Waals surface area contributed by atoms with Gasteiger partial charge in [-0.1, -0.05) is 20.3 Å². The first-order valence-corrected chi connectivity index (χ1v) is 8.04. The van der Waals surface area contributed by atoms with Gasteiger partial charge in [0.05, 0.1) is 0 Å². The maximum absolute atomic E-state index is 11.6. The Labute approximate surface area is 125 Å². The van der Waals surface area contributed by atoms with Crippen molar-refractivity contribution in [1.29, 1.82) is 0 Å². The third-order valence-electron chi connectivity index (χ3n) is 2.49. The second-order valence-electron chi connectivity index (χ2n) is 5.80. The highest BCUT2D eigenvalue weighted by atomic mass is 32.2. The molecule has 5 nitrogen and oxygen atoms in total. The summed E-state index contributed by atoms with van der Waals surface area (Å²) in [5.74, 6) is -0.326. The van der Waals surface area contributed by atoms with Crippen molar-refractivity contribution in [1.82, 2.24) is 5.32 Å². The van der Waals surface area contributed by atoms with Gasteiger partial charge in [0.15, 0.2) is 0 Å². The number of nitrogens with one attached hydrogen (secondary N) is 1. The average Bonchev–Trinajstić information content (AvgIpc) is 2.25. The Morgan fingerprint density at radius 2 is 1.90 bits per heavy atom. The Bertz CT molecular complexity index is 315. The number of rotatable bonds is 8. The van der Waals surface area contributed by atoms with Crippen molar-refractivity contribution in [3.63, 3.8) is 0 Å². The molecule has 0 aromatic carbocycles. The molecule has 0 heterocycles. The number of alkyl carbamates (subject to hydrolysis) is 1. The fourth-order valence-corrected chi connectivity index (χ4v) is 2.76. The minimum atomic E-state index is -1.03. The summed E-state index contributed by atoms with van der Waals surface area (Å²) in [6, 6.07) is -0.897. The predicted molar refractivity (Wildman–Crippen MR) is 82.2 cm³/mol. The lowest BCUT2D eigenvalue weighted by Gasteiger charge is -2.22. The van der Waals surface area contributed by atoms with E-state index >= 15 is 0 Å². The fourth-order valence-electron chi connectivity index (χ4n) is 1.58. The van der Waals surface area contributed by atoms with Crippen molar-refractivity contribution in [2.24, 2.45) is 0 Å². The van der Waals surface area contributed by atoms with Crippen LogP contribution in [0.5, 0.6) is 0 Å². The lowest BCUT2D eigenvalue weighted by atomic mass is 10.2. The van der Waals surface area contributed by atoms with Gasteiger partial charge in [-0.3, -0.25) is 0 Å². The zero-order chi connectivity index (χ0) is 15.8.